The van der Waals surface area contributed by atoms with Crippen molar-refractivity contribution in [2.75, 3.05) is 35.8 Å². The lowest BCUT2D eigenvalue weighted by atomic mass is 9.99. The second-order valence-corrected chi connectivity index (χ2v) is 12.3. The first kappa shape index (κ1) is 24.9. The molecular weight excluding hydrogens is 540 g/mol. The number of anilines is 2. The van der Waals surface area contributed by atoms with Gasteiger partial charge in [0.25, 0.3) is 10.0 Å². The van der Waals surface area contributed by atoms with Crippen LogP contribution >= 0.6 is 22.9 Å². The number of aryl methyl sites for hydroxylation is 1. The van der Waals surface area contributed by atoms with E-state index in [1.54, 1.807) is 24.4 Å². The molecule has 0 unspecified atom stereocenters. The van der Waals surface area contributed by atoms with Gasteiger partial charge in [0.1, 0.15) is 4.83 Å². The van der Waals surface area contributed by atoms with Gasteiger partial charge in [-0.1, -0.05) is 29.8 Å². The summed E-state index contributed by atoms with van der Waals surface area (Å²) in [4.78, 5) is 8.96. The van der Waals surface area contributed by atoms with Crippen molar-refractivity contribution in [2.24, 2.45) is 0 Å². The van der Waals surface area contributed by atoms with Crippen LogP contribution in [-0.2, 0) is 10.0 Å². The van der Waals surface area contributed by atoms with E-state index in [-0.39, 0.29) is 4.90 Å². The highest BCUT2D eigenvalue weighted by atomic mass is 35.5. The number of H-pyrrole nitrogens is 1. The number of pyridine rings is 1. The number of fused-ring (bicyclic) bond motifs is 1. The lowest BCUT2D eigenvalue weighted by molar-refractivity contribution is 0.589. The summed E-state index contributed by atoms with van der Waals surface area (Å²) >= 11 is 7.62. The Bertz CT molecular complexity index is 1730. The molecule has 1 aliphatic heterocycles. The van der Waals surface area contributed by atoms with Crippen molar-refractivity contribution >= 4 is 54.6 Å². The molecule has 6 rings (SSSR count). The molecule has 1 aliphatic rings. The van der Waals surface area contributed by atoms with E-state index in [4.69, 9.17) is 16.6 Å². The number of benzene rings is 2. The first-order valence-corrected chi connectivity index (χ1v) is 14.8. The molecule has 0 amide bonds. The third-order valence-electron chi connectivity index (χ3n) is 6.52. The highest BCUT2D eigenvalue weighted by Crippen LogP contribution is 2.47. The van der Waals surface area contributed by atoms with Gasteiger partial charge < -0.3 is 10.2 Å². The predicted molar refractivity (Wildman–Crippen MR) is 155 cm³/mol. The number of aromatic amines is 1. The molecule has 3 N–H and O–H groups in total. The minimum absolute atomic E-state index is 0.0974. The van der Waals surface area contributed by atoms with Gasteiger partial charge in [0.2, 0.25) is 0 Å². The molecule has 11 heteroatoms. The van der Waals surface area contributed by atoms with Gasteiger partial charge in [-0.15, -0.1) is 11.3 Å². The number of aromatic nitrogens is 3. The summed E-state index contributed by atoms with van der Waals surface area (Å²) in [6, 6.07) is 16.4. The van der Waals surface area contributed by atoms with E-state index < -0.39 is 10.0 Å². The van der Waals surface area contributed by atoms with Crippen LogP contribution in [0.2, 0.25) is 5.02 Å². The zero-order chi connectivity index (χ0) is 26.3. The molecule has 0 bridgehead atoms. The Morgan fingerprint density at radius 3 is 2.63 bits per heavy atom. The molecule has 0 spiro atoms. The number of hydrogen-bond acceptors (Lipinski definition) is 7. The molecule has 2 aromatic carbocycles. The van der Waals surface area contributed by atoms with E-state index in [2.05, 4.69) is 43.3 Å². The van der Waals surface area contributed by atoms with E-state index in [9.17, 15) is 8.42 Å². The van der Waals surface area contributed by atoms with Crippen LogP contribution in [0, 0.1) is 6.92 Å². The van der Waals surface area contributed by atoms with Crippen LogP contribution in [0.5, 0.6) is 0 Å². The number of piperazine rings is 1. The Morgan fingerprint density at radius 2 is 1.87 bits per heavy atom. The van der Waals surface area contributed by atoms with Crippen LogP contribution in [0.25, 0.3) is 31.8 Å². The molecule has 0 saturated carbocycles. The average molecular weight is 565 g/mol. The molecule has 3 aromatic heterocycles. The molecule has 0 radical (unpaired) electrons. The number of sulfonamides is 1. The molecule has 0 aliphatic carbocycles. The molecular formula is C27H25ClN6O2S2. The monoisotopic (exact) mass is 564 g/mol. The van der Waals surface area contributed by atoms with Crippen molar-refractivity contribution in [3.63, 3.8) is 0 Å². The van der Waals surface area contributed by atoms with Crippen LogP contribution in [0.4, 0.5) is 11.4 Å². The lowest BCUT2D eigenvalue weighted by Gasteiger charge is -2.29. The minimum Gasteiger partial charge on any atom is -0.369 e. The van der Waals surface area contributed by atoms with Crippen molar-refractivity contribution in [1.82, 2.24) is 20.5 Å². The summed E-state index contributed by atoms with van der Waals surface area (Å²) in [7, 11) is -3.90. The van der Waals surface area contributed by atoms with E-state index in [0.29, 0.717) is 16.4 Å². The van der Waals surface area contributed by atoms with Crippen molar-refractivity contribution in [3.8, 4) is 21.6 Å². The lowest BCUT2D eigenvalue weighted by Crippen LogP contribution is -2.43. The number of halogens is 1. The number of nitrogens with one attached hydrogen (secondary N) is 3. The summed E-state index contributed by atoms with van der Waals surface area (Å²) in [6.07, 6.45) is 3.62. The van der Waals surface area contributed by atoms with Gasteiger partial charge in [0.05, 0.1) is 16.8 Å². The fraction of sp³-hybridized carbons (Fsp3) is 0.185. The molecule has 0 atom stereocenters. The molecule has 1 saturated heterocycles. The summed E-state index contributed by atoms with van der Waals surface area (Å²) in [6.45, 7) is 5.58. The van der Waals surface area contributed by atoms with Crippen LogP contribution in [-0.4, -0.2) is 49.8 Å². The molecule has 8 nitrogen and oxygen atoms in total. The average Bonchev–Trinajstić information content (AvgIpc) is 3.57. The predicted octanol–water partition coefficient (Wildman–Crippen LogP) is 5.53. The Labute approximate surface area is 229 Å². The molecule has 4 heterocycles. The SMILES string of the molecule is Cc1cc(NS(=O)(=O)c2cccc(Cl)c2)c2c(-c3cccc(N4CCNCC4)c3)c(-c3cn[nH]c3)sc2n1. The maximum Gasteiger partial charge on any atom is 0.261 e. The smallest absolute Gasteiger partial charge is 0.261 e. The Kier molecular flexibility index (Phi) is 6.56. The Morgan fingerprint density at radius 1 is 1.05 bits per heavy atom. The van der Waals surface area contributed by atoms with Gasteiger partial charge in [0, 0.05) is 70.2 Å². The fourth-order valence-corrected chi connectivity index (χ4v) is 7.39. The second-order valence-electron chi connectivity index (χ2n) is 9.13. The topological polar surface area (TPSA) is 103 Å². The first-order chi connectivity index (χ1) is 18.4. The van der Waals surface area contributed by atoms with Crippen molar-refractivity contribution in [2.45, 2.75) is 11.8 Å². The molecule has 1 fully saturated rings. The fourth-order valence-electron chi connectivity index (χ4n) is 4.77. The van der Waals surface area contributed by atoms with Crippen molar-refractivity contribution in [1.29, 1.82) is 0 Å². The van der Waals surface area contributed by atoms with Gasteiger partial charge >= 0.3 is 0 Å². The third-order valence-corrected chi connectivity index (χ3v) is 9.25. The van der Waals surface area contributed by atoms with E-state index in [1.807, 2.05) is 19.2 Å². The summed E-state index contributed by atoms with van der Waals surface area (Å²) in [5, 5.41) is 11.6. The number of hydrogen-bond donors (Lipinski definition) is 3. The Hall–Kier alpha value is -3.44. The van der Waals surface area contributed by atoms with Crippen LogP contribution < -0.4 is 14.9 Å². The van der Waals surface area contributed by atoms with Crippen LogP contribution in [0.15, 0.2) is 71.9 Å². The summed E-state index contributed by atoms with van der Waals surface area (Å²) in [5.41, 5.74) is 5.12. The second kappa shape index (κ2) is 10.0. The van der Waals surface area contributed by atoms with Gasteiger partial charge in [-0.2, -0.15) is 5.10 Å². The maximum absolute atomic E-state index is 13.4. The number of rotatable bonds is 6. The Balaban J connectivity index is 1.56. The van der Waals surface area contributed by atoms with Gasteiger partial charge in [-0.05, 0) is 48.9 Å². The quantitative estimate of drug-likeness (QED) is 0.251. The van der Waals surface area contributed by atoms with Gasteiger partial charge in [0.15, 0.2) is 0 Å². The van der Waals surface area contributed by atoms with Crippen molar-refractivity contribution < 1.29 is 8.42 Å². The first-order valence-electron chi connectivity index (χ1n) is 12.2. The maximum atomic E-state index is 13.4. The third kappa shape index (κ3) is 4.76. The molecule has 194 valence electrons. The molecule has 38 heavy (non-hydrogen) atoms. The van der Waals surface area contributed by atoms with Crippen LogP contribution in [0.3, 0.4) is 0 Å². The highest BCUT2D eigenvalue weighted by molar-refractivity contribution is 7.92. The summed E-state index contributed by atoms with van der Waals surface area (Å²) < 4.78 is 29.7. The van der Waals surface area contributed by atoms with Crippen molar-refractivity contribution in [3.05, 3.63) is 77.7 Å². The van der Waals surface area contributed by atoms with Gasteiger partial charge in [-0.3, -0.25) is 9.82 Å². The summed E-state index contributed by atoms with van der Waals surface area (Å²) in [5.74, 6) is 0. The highest BCUT2D eigenvalue weighted by Gasteiger charge is 2.24. The number of nitrogens with zero attached hydrogens (tertiary/aromatic N) is 3. The zero-order valence-electron chi connectivity index (χ0n) is 20.5. The van der Waals surface area contributed by atoms with E-state index in [0.717, 1.165) is 63.7 Å². The number of thiophene rings is 1. The van der Waals surface area contributed by atoms with E-state index in [1.165, 1.54) is 23.5 Å². The van der Waals surface area contributed by atoms with Gasteiger partial charge in [-0.25, -0.2) is 13.4 Å². The van der Waals surface area contributed by atoms with Crippen LogP contribution in [0.1, 0.15) is 5.69 Å². The van der Waals surface area contributed by atoms with E-state index >= 15 is 0 Å². The zero-order valence-corrected chi connectivity index (χ0v) is 22.9. The molecule has 5 aromatic rings. The largest absolute Gasteiger partial charge is 0.369 e. The standard InChI is InChI=1S/C27H25ClN6O2S2/c1-17-12-23(33-38(35,36)22-7-3-5-20(28)14-22)25-24(26(37-27(25)32-17)19-15-30-31-16-19)18-4-2-6-21(13-18)34-10-8-29-9-11-34/h2-7,12-16,29H,8-11H2,1H3,(H,30,31)(H,32,33). The minimum atomic E-state index is -3.90. The normalized spacial score (nSPS) is 14.2.